The number of hydrogen-bond acceptors (Lipinski definition) is 4. The van der Waals surface area contributed by atoms with E-state index in [4.69, 9.17) is 0 Å². The van der Waals surface area contributed by atoms with Crippen LogP contribution in [-0.2, 0) is 0 Å². The Hall–Kier alpha value is -1.92. The Morgan fingerprint density at radius 1 is 0.400 bits per heavy atom. The fourth-order valence-electron chi connectivity index (χ4n) is 6.86. The van der Waals surface area contributed by atoms with Crippen LogP contribution >= 0.6 is 0 Å². The highest BCUT2D eigenvalue weighted by molar-refractivity contribution is 6.07. The van der Waals surface area contributed by atoms with Gasteiger partial charge in [0, 0.05) is 26.2 Å². The molecule has 0 aliphatic rings. The lowest BCUT2D eigenvalue weighted by Gasteiger charge is -2.23. The van der Waals surface area contributed by atoms with Gasteiger partial charge in [0.1, 0.15) is 0 Å². The molecule has 1 aromatic rings. The molecular formula is C44H82N4O2. The summed E-state index contributed by atoms with van der Waals surface area (Å²) in [4.78, 5) is 31.8. The summed E-state index contributed by atoms with van der Waals surface area (Å²) in [6.45, 7) is 16.4. The number of hydrogen-bond donors (Lipinski definition) is 2. The fourth-order valence-corrected chi connectivity index (χ4v) is 6.86. The van der Waals surface area contributed by atoms with Crippen molar-refractivity contribution in [2.24, 2.45) is 0 Å². The number of nitrogens with zero attached hydrogens (tertiary/aromatic N) is 2. The van der Waals surface area contributed by atoms with Crippen molar-refractivity contribution >= 4 is 11.8 Å². The summed E-state index contributed by atoms with van der Waals surface area (Å²) in [6.07, 6.45) is 31.2. The minimum absolute atomic E-state index is 0.150. The average Bonchev–Trinajstić information content (AvgIpc) is 3.13. The second-order valence-corrected chi connectivity index (χ2v) is 14.8. The quantitative estimate of drug-likeness (QED) is 0.0685. The van der Waals surface area contributed by atoms with Gasteiger partial charge in [-0.25, -0.2) is 0 Å². The molecule has 2 amide bonds. The second-order valence-electron chi connectivity index (χ2n) is 14.8. The molecule has 1 rings (SSSR count). The van der Waals surface area contributed by atoms with Crippen molar-refractivity contribution in [2.75, 3.05) is 52.4 Å². The maximum atomic E-state index is 13.4. The third kappa shape index (κ3) is 25.1. The first-order valence-electron chi connectivity index (χ1n) is 21.7. The Morgan fingerprint density at radius 2 is 0.660 bits per heavy atom. The van der Waals surface area contributed by atoms with Crippen LogP contribution in [0.2, 0.25) is 0 Å². The molecule has 0 fully saturated rings. The van der Waals surface area contributed by atoms with Gasteiger partial charge >= 0.3 is 0 Å². The summed E-state index contributed by atoms with van der Waals surface area (Å²) < 4.78 is 0. The summed E-state index contributed by atoms with van der Waals surface area (Å²) in [6, 6.07) is 7.30. The van der Waals surface area contributed by atoms with E-state index >= 15 is 0 Å². The predicted octanol–water partition coefficient (Wildman–Crippen LogP) is 11.2. The molecule has 0 aliphatic heterocycles. The number of carbonyl (C=O) groups excluding carboxylic acids is 2. The van der Waals surface area contributed by atoms with Gasteiger partial charge in [0.15, 0.2) is 0 Å². The summed E-state index contributed by atoms with van der Waals surface area (Å²) in [5.74, 6) is -0.301. The number of unbranched alkanes of at least 4 members (excludes halogenated alkanes) is 20. The number of benzene rings is 1. The van der Waals surface area contributed by atoms with Crippen LogP contribution < -0.4 is 10.6 Å². The summed E-state index contributed by atoms with van der Waals surface area (Å²) in [5, 5.41) is 6.30. The minimum Gasteiger partial charge on any atom is -0.351 e. The van der Waals surface area contributed by atoms with Crippen LogP contribution in [0.3, 0.4) is 0 Å². The topological polar surface area (TPSA) is 64.7 Å². The SMILES string of the molecule is CCCCCCCCN(CCCCCCCC)CCNC(=O)c1ccccc1C(=O)NCCN(CCCCCCCC)CCCCCCCC. The monoisotopic (exact) mass is 699 g/mol. The zero-order valence-electron chi connectivity index (χ0n) is 33.6. The summed E-state index contributed by atoms with van der Waals surface area (Å²) in [5.41, 5.74) is 0.943. The zero-order valence-corrected chi connectivity index (χ0v) is 33.6. The molecule has 0 spiro atoms. The molecule has 290 valence electrons. The van der Waals surface area contributed by atoms with Crippen molar-refractivity contribution in [1.82, 2.24) is 20.4 Å². The molecule has 0 bridgehead atoms. The van der Waals surface area contributed by atoms with Crippen molar-refractivity contribution in [3.63, 3.8) is 0 Å². The van der Waals surface area contributed by atoms with Crippen LogP contribution in [0.5, 0.6) is 0 Å². The zero-order chi connectivity index (χ0) is 36.3. The summed E-state index contributed by atoms with van der Waals surface area (Å²) >= 11 is 0. The molecule has 0 unspecified atom stereocenters. The number of amides is 2. The Kier molecular flexibility index (Phi) is 31.5. The highest BCUT2D eigenvalue weighted by atomic mass is 16.2. The molecule has 0 saturated heterocycles. The van der Waals surface area contributed by atoms with E-state index in [0.717, 1.165) is 39.3 Å². The lowest BCUT2D eigenvalue weighted by Crippen LogP contribution is -2.38. The van der Waals surface area contributed by atoms with Crippen LogP contribution in [0.15, 0.2) is 24.3 Å². The van der Waals surface area contributed by atoms with Crippen molar-refractivity contribution in [3.05, 3.63) is 35.4 Å². The van der Waals surface area contributed by atoms with Gasteiger partial charge in [-0.1, -0.05) is 168 Å². The van der Waals surface area contributed by atoms with E-state index < -0.39 is 0 Å². The number of rotatable bonds is 36. The van der Waals surface area contributed by atoms with Crippen LogP contribution in [0.1, 0.15) is 203 Å². The predicted molar refractivity (Wildman–Crippen MR) is 217 cm³/mol. The normalized spacial score (nSPS) is 11.5. The maximum Gasteiger partial charge on any atom is 0.252 e. The molecule has 1 aromatic carbocycles. The van der Waals surface area contributed by atoms with Gasteiger partial charge < -0.3 is 20.4 Å². The lowest BCUT2D eigenvalue weighted by atomic mass is 10.1. The molecule has 6 nitrogen and oxygen atoms in total. The molecule has 0 saturated carbocycles. The van der Waals surface area contributed by atoms with Gasteiger partial charge in [0.25, 0.3) is 11.8 Å². The maximum absolute atomic E-state index is 13.4. The van der Waals surface area contributed by atoms with E-state index in [1.807, 2.05) is 12.1 Å². The Bertz CT molecular complexity index is 818. The van der Waals surface area contributed by atoms with Crippen molar-refractivity contribution < 1.29 is 9.59 Å². The van der Waals surface area contributed by atoms with Gasteiger partial charge in [0.2, 0.25) is 0 Å². The molecule has 50 heavy (non-hydrogen) atoms. The van der Waals surface area contributed by atoms with Gasteiger partial charge in [-0.05, 0) is 64.0 Å². The van der Waals surface area contributed by atoms with Crippen LogP contribution in [0.4, 0.5) is 0 Å². The van der Waals surface area contributed by atoms with E-state index in [1.54, 1.807) is 12.1 Å². The molecule has 0 atom stereocenters. The molecule has 0 radical (unpaired) electrons. The third-order valence-electron chi connectivity index (χ3n) is 10.2. The summed E-state index contributed by atoms with van der Waals surface area (Å²) in [7, 11) is 0. The highest BCUT2D eigenvalue weighted by Crippen LogP contribution is 2.12. The van der Waals surface area contributed by atoms with Crippen molar-refractivity contribution in [1.29, 1.82) is 0 Å². The first-order chi connectivity index (χ1) is 24.6. The standard InChI is InChI=1S/C44H82N4O2/c1-5-9-13-17-21-27-35-47(36-28-22-18-14-10-6-2)39-33-45-43(49)41-31-25-26-32-42(41)44(50)46-34-40-48(37-29-23-19-15-11-7-3)38-30-24-20-16-12-8-4/h25-26,31-32H,5-24,27-30,33-40H2,1-4H3,(H,45,49)(H,46,50). The molecule has 6 heteroatoms. The lowest BCUT2D eigenvalue weighted by molar-refractivity contribution is 0.0913. The van der Waals surface area contributed by atoms with Crippen LogP contribution in [0, 0.1) is 0 Å². The van der Waals surface area contributed by atoms with Crippen molar-refractivity contribution in [3.8, 4) is 0 Å². The Labute approximate surface area is 310 Å². The average molecular weight is 699 g/mol. The van der Waals surface area contributed by atoms with E-state index in [0.29, 0.717) is 24.2 Å². The van der Waals surface area contributed by atoms with Gasteiger partial charge in [0.05, 0.1) is 11.1 Å². The minimum atomic E-state index is -0.150. The molecule has 0 aliphatic carbocycles. The third-order valence-corrected chi connectivity index (χ3v) is 10.2. The number of carbonyl (C=O) groups is 2. The Balaban J connectivity index is 2.62. The number of nitrogens with one attached hydrogen (secondary N) is 2. The van der Waals surface area contributed by atoms with E-state index in [2.05, 4.69) is 48.1 Å². The molecular weight excluding hydrogens is 617 g/mol. The molecule has 0 heterocycles. The highest BCUT2D eigenvalue weighted by Gasteiger charge is 2.17. The van der Waals surface area contributed by atoms with E-state index in [-0.39, 0.29) is 11.8 Å². The fraction of sp³-hybridized carbons (Fsp3) is 0.818. The van der Waals surface area contributed by atoms with E-state index in [9.17, 15) is 9.59 Å². The smallest absolute Gasteiger partial charge is 0.252 e. The van der Waals surface area contributed by atoms with Gasteiger partial charge in [-0.2, -0.15) is 0 Å². The van der Waals surface area contributed by atoms with Gasteiger partial charge in [-0.3, -0.25) is 9.59 Å². The van der Waals surface area contributed by atoms with Crippen molar-refractivity contribution in [2.45, 2.75) is 182 Å². The van der Waals surface area contributed by atoms with Crippen LogP contribution in [0.25, 0.3) is 0 Å². The second kappa shape index (κ2) is 34.2. The van der Waals surface area contributed by atoms with Gasteiger partial charge in [-0.15, -0.1) is 0 Å². The molecule has 0 aromatic heterocycles. The first kappa shape index (κ1) is 46.1. The first-order valence-corrected chi connectivity index (χ1v) is 21.7. The Morgan fingerprint density at radius 3 is 0.940 bits per heavy atom. The molecule has 2 N–H and O–H groups in total. The van der Waals surface area contributed by atoms with Crippen LogP contribution in [-0.4, -0.2) is 74.0 Å². The largest absolute Gasteiger partial charge is 0.351 e. The van der Waals surface area contributed by atoms with E-state index in [1.165, 1.54) is 154 Å².